The lowest BCUT2D eigenvalue weighted by Gasteiger charge is -1.98. The molecule has 0 radical (unpaired) electrons. The van der Waals surface area contributed by atoms with E-state index in [0.717, 1.165) is 18.8 Å². The number of aromatic nitrogens is 3. The van der Waals surface area contributed by atoms with Crippen LogP contribution in [0.3, 0.4) is 0 Å². The Labute approximate surface area is 85.7 Å². The molecule has 0 unspecified atom stereocenters. The van der Waals surface area contributed by atoms with Crippen LogP contribution < -0.4 is 5.32 Å². The highest BCUT2D eigenvalue weighted by Gasteiger charge is 1.98. The molecular weight excluding hydrogens is 176 g/mol. The second-order valence-corrected chi connectivity index (χ2v) is 3.56. The van der Waals surface area contributed by atoms with Crippen molar-refractivity contribution >= 4 is 0 Å². The maximum atomic E-state index is 4.06. The van der Waals surface area contributed by atoms with Crippen LogP contribution in [0.1, 0.15) is 38.3 Å². The number of hydrogen-bond donors (Lipinski definition) is 1. The first-order chi connectivity index (χ1) is 6.86. The van der Waals surface area contributed by atoms with Gasteiger partial charge in [0.1, 0.15) is 0 Å². The maximum Gasteiger partial charge on any atom is 0.0964 e. The molecule has 0 saturated heterocycles. The van der Waals surface area contributed by atoms with Gasteiger partial charge in [0.25, 0.3) is 0 Å². The van der Waals surface area contributed by atoms with Crippen molar-refractivity contribution in [1.82, 2.24) is 20.3 Å². The number of rotatable bonds is 7. The Kier molecular flexibility index (Phi) is 5.22. The fourth-order valence-electron chi connectivity index (χ4n) is 1.41. The highest BCUT2D eigenvalue weighted by molar-refractivity contribution is 4.90. The molecule has 0 saturated carbocycles. The smallest absolute Gasteiger partial charge is 0.0964 e. The zero-order valence-corrected chi connectivity index (χ0v) is 9.16. The Bertz CT molecular complexity index is 244. The van der Waals surface area contributed by atoms with E-state index in [0.29, 0.717) is 0 Å². The molecule has 1 heterocycles. The highest BCUT2D eigenvalue weighted by Crippen LogP contribution is 2.01. The Morgan fingerprint density at radius 1 is 1.36 bits per heavy atom. The lowest BCUT2D eigenvalue weighted by Crippen LogP contribution is -2.05. The van der Waals surface area contributed by atoms with Gasteiger partial charge in [-0.05, 0) is 13.5 Å². The van der Waals surface area contributed by atoms with Gasteiger partial charge in [-0.1, -0.05) is 31.4 Å². The average Bonchev–Trinajstić information content (AvgIpc) is 2.61. The summed E-state index contributed by atoms with van der Waals surface area (Å²) in [6.07, 6.45) is 7.11. The predicted molar refractivity (Wildman–Crippen MR) is 56.9 cm³/mol. The Morgan fingerprint density at radius 2 is 2.21 bits per heavy atom. The van der Waals surface area contributed by atoms with Gasteiger partial charge in [0.15, 0.2) is 0 Å². The van der Waals surface area contributed by atoms with Gasteiger partial charge < -0.3 is 5.32 Å². The van der Waals surface area contributed by atoms with E-state index in [1.807, 2.05) is 17.9 Å². The van der Waals surface area contributed by atoms with E-state index in [2.05, 4.69) is 22.6 Å². The van der Waals surface area contributed by atoms with E-state index in [-0.39, 0.29) is 0 Å². The van der Waals surface area contributed by atoms with Gasteiger partial charge in [-0.25, -0.2) is 0 Å². The third-order valence-electron chi connectivity index (χ3n) is 2.18. The first-order valence-corrected chi connectivity index (χ1v) is 5.40. The Balaban J connectivity index is 2.22. The SMILES string of the molecule is CCCCCCn1cc(CNC)nn1. The highest BCUT2D eigenvalue weighted by atomic mass is 15.4. The van der Waals surface area contributed by atoms with Crippen LogP contribution in [0.15, 0.2) is 6.20 Å². The van der Waals surface area contributed by atoms with E-state index in [9.17, 15) is 0 Å². The van der Waals surface area contributed by atoms with Crippen molar-refractivity contribution in [2.45, 2.75) is 45.7 Å². The Morgan fingerprint density at radius 3 is 2.93 bits per heavy atom. The zero-order valence-electron chi connectivity index (χ0n) is 9.16. The van der Waals surface area contributed by atoms with E-state index in [1.54, 1.807) is 0 Å². The third-order valence-corrected chi connectivity index (χ3v) is 2.18. The van der Waals surface area contributed by atoms with Gasteiger partial charge in [0.2, 0.25) is 0 Å². The number of hydrogen-bond acceptors (Lipinski definition) is 3. The van der Waals surface area contributed by atoms with Crippen LogP contribution in [0.5, 0.6) is 0 Å². The minimum absolute atomic E-state index is 0.801. The summed E-state index contributed by atoms with van der Waals surface area (Å²) in [7, 11) is 1.92. The van der Waals surface area contributed by atoms with Gasteiger partial charge >= 0.3 is 0 Å². The molecule has 0 fully saturated rings. The normalized spacial score (nSPS) is 10.7. The Hall–Kier alpha value is -0.900. The summed E-state index contributed by atoms with van der Waals surface area (Å²) in [5, 5.41) is 11.2. The first-order valence-electron chi connectivity index (χ1n) is 5.40. The van der Waals surface area contributed by atoms with Gasteiger partial charge in [-0.15, -0.1) is 5.10 Å². The maximum absolute atomic E-state index is 4.06. The standard InChI is InChI=1S/C10H20N4/c1-3-4-5-6-7-14-9-10(8-11-2)12-13-14/h9,11H,3-8H2,1-2H3. The fraction of sp³-hybridized carbons (Fsp3) is 0.800. The fourth-order valence-corrected chi connectivity index (χ4v) is 1.41. The molecule has 0 spiro atoms. The van der Waals surface area contributed by atoms with Crippen molar-refractivity contribution in [2.75, 3.05) is 7.05 Å². The molecule has 0 aliphatic carbocycles. The summed E-state index contributed by atoms with van der Waals surface area (Å²) in [6, 6.07) is 0. The number of nitrogens with zero attached hydrogens (tertiary/aromatic N) is 3. The van der Waals surface area contributed by atoms with Crippen molar-refractivity contribution in [3.8, 4) is 0 Å². The van der Waals surface area contributed by atoms with E-state index in [1.165, 1.54) is 25.7 Å². The molecule has 0 aromatic carbocycles. The molecule has 1 N–H and O–H groups in total. The van der Waals surface area contributed by atoms with E-state index in [4.69, 9.17) is 0 Å². The van der Waals surface area contributed by atoms with Crippen LogP contribution in [-0.2, 0) is 13.1 Å². The molecule has 4 heteroatoms. The number of aryl methyl sites for hydroxylation is 1. The minimum Gasteiger partial charge on any atom is -0.314 e. The summed E-state index contributed by atoms with van der Waals surface area (Å²) < 4.78 is 1.93. The first kappa shape index (κ1) is 11.2. The largest absolute Gasteiger partial charge is 0.314 e. The molecule has 4 nitrogen and oxygen atoms in total. The summed E-state index contributed by atoms with van der Waals surface area (Å²) in [5.41, 5.74) is 1.02. The molecular formula is C10H20N4. The summed E-state index contributed by atoms with van der Waals surface area (Å²) in [5.74, 6) is 0. The predicted octanol–water partition coefficient (Wildman–Crippen LogP) is 1.58. The molecule has 1 aromatic rings. The van der Waals surface area contributed by atoms with Crippen molar-refractivity contribution in [1.29, 1.82) is 0 Å². The monoisotopic (exact) mass is 196 g/mol. The minimum atomic E-state index is 0.801. The zero-order chi connectivity index (χ0) is 10.2. The molecule has 1 rings (SSSR count). The van der Waals surface area contributed by atoms with Gasteiger partial charge in [0.05, 0.1) is 5.69 Å². The van der Waals surface area contributed by atoms with Crippen molar-refractivity contribution in [2.24, 2.45) is 0 Å². The number of nitrogens with one attached hydrogen (secondary N) is 1. The van der Waals surface area contributed by atoms with Gasteiger partial charge in [0, 0.05) is 19.3 Å². The van der Waals surface area contributed by atoms with Crippen LogP contribution in [0.25, 0.3) is 0 Å². The second-order valence-electron chi connectivity index (χ2n) is 3.56. The van der Waals surface area contributed by atoms with Gasteiger partial charge in [-0.3, -0.25) is 4.68 Å². The lowest BCUT2D eigenvalue weighted by atomic mass is 10.2. The van der Waals surface area contributed by atoms with Crippen LogP contribution in [-0.4, -0.2) is 22.0 Å². The van der Waals surface area contributed by atoms with Crippen molar-refractivity contribution in [3.63, 3.8) is 0 Å². The molecule has 80 valence electrons. The average molecular weight is 196 g/mol. The molecule has 0 aliphatic heterocycles. The molecule has 1 aromatic heterocycles. The second kappa shape index (κ2) is 6.54. The van der Waals surface area contributed by atoms with Crippen LogP contribution in [0, 0.1) is 0 Å². The van der Waals surface area contributed by atoms with E-state index < -0.39 is 0 Å². The summed E-state index contributed by atoms with van der Waals surface area (Å²) in [6.45, 7) is 4.02. The number of unbranched alkanes of at least 4 members (excludes halogenated alkanes) is 3. The third kappa shape index (κ3) is 3.87. The molecule has 0 amide bonds. The van der Waals surface area contributed by atoms with Crippen LogP contribution in [0.4, 0.5) is 0 Å². The molecule has 0 aliphatic rings. The molecule has 14 heavy (non-hydrogen) atoms. The van der Waals surface area contributed by atoms with Crippen LogP contribution in [0.2, 0.25) is 0 Å². The molecule has 0 atom stereocenters. The summed E-state index contributed by atoms with van der Waals surface area (Å²) >= 11 is 0. The quantitative estimate of drug-likeness (QED) is 0.673. The summed E-state index contributed by atoms with van der Waals surface area (Å²) in [4.78, 5) is 0. The van der Waals surface area contributed by atoms with Gasteiger partial charge in [-0.2, -0.15) is 0 Å². The molecule has 0 bridgehead atoms. The van der Waals surface area contributed by atoms with Crippen LogP contribution >= 0.6 is 0 Å². The van der Waals surface area contributed by atoms with Crippen molar-refractivity contribution in [3.05, 3.63) is 11.9 Å². The van der Waals surface area contributed by atoms with Crippen molar-refractivity contribution < 1.29 is 0 Å². The topological polar surface area (TPSA) is 42.7 Å². The lowest BCUT2D eigenvalue weighted by molar-refractivity contribution is 0.527. The van der Waals surface area contributed by atoms with E-state index >= 15 is 0 Å².